The molecule has 0 spiro atoms. The fourth-order valence-corrected chi connectivity index (χ4v) is 2.10. The molecule has 0 bridgehead atoms. The van der Waals surface area contributed by atoms with Crippen LogP contribution in [0.1, 0.15) is 59.3 Å². The maximum absolute atomic E-state index is 11.8. The standard InChI is InChI=1S/C16H32N2O4/c1-4-5-6-7-8-10-17-12-16(2,3)14(21)15(22)18-11-9-13(19)20/h14,17,21H,4-12H2,1-3H3,(H,18,22)(H,19,20)/t14-/m0/s1. The minimum Gasteiger partial charge on any atom is -0.481 e. The monoisotopic (exact) mass is 316 g/mol. The number of aliphatic carboxylic acids is 1. The third-order valence-electron chi connectivity index (χ3n) is 3.66. The van der Waals surface area contributed by atoms with Gasteiger partial charge in [0.1, 0.15) is 6.10 Å². The van der Waals surface area contributed by atoms with Crippen molar-refractivity contribution in [2.75, 3.05) is 19.6 Å². The maximum Gasteiger partial charge on any atom is 0.305 e. The molecule has 0 fully saturated rings. The van der Waals surface area contributed by atoms with Crippen LogP contribution < -0.4 is 10.6 Å². The zero-order valence-corrected chi connectivity index (χ0v) is 14.2. The van der Waals surface area contributed by atoms with E-state index in [1.165, 1.54) is 25.7 Å². The third-order valence-corrected chi connectivity index (χ3v) is 3.66. The minimum atomic E-state index is -1.16. The highest BCUT2D eigenvalue weighted by Crippen LogP contribution is 2.19. The summed E-state index contributed by atoms with van der Waals surface area (Å²) in [4.78, 5) is 22.2. The van der Waals surface area contributed by atoms with Gasteiger partial charge in [0.25, 0.3) is 0 Å². The molecule has 0 radical (unpaired) electrons. The van der Waals surface area contributed by atoms with E-state index in [0.29, 0.717) is 6.54 Å². The van der Waals surface area contributed by atoms with E-state index < -0.39 is 23.4 Å². The number of carboxylic acids is 1. The molecule has 0 aromatic heterocycles. The molecule has 1 atom stereocenters. The minimum absolute atomic E-state index is 0.0339. The van der Waals surface area contributed by atoms with Gasteiger partial charge in [0.05, 0.1) is 6.42 Å². The number of unbranched alkanes of at least 4 members (excludes halogenated alkanes) is 4. The van der Waals surface area contributed by atoms with Gasteiger partial charge in [-0.25, -0.2) is 0 Å². The molecule has 0 aliphatic rings. The van der Waals surface area contributed by atoms with E-state index in [1.807, 2.05) is 13.8 Å². The Labute approximate surface area is 133 Å². The van der Waals surface area contributed by atoms with Gasteiger partial charge in [0.2, 0.25) is 5.91 Å². The Bertz CT molecular complexity index is 332. The molecular weight excluding hydrogens is 284 g/mol. The van der Waals surface area contributed by atoms with E-state index in [2.05, 4.69) is 17.6 Å². The molecule has 6 nitrogen and oxygen atoms in total. The van der Waals surface area contributed by atoms with Crippen LogP contribution in [0.15, 0.2) is 0 Å². The first kappa shape index (κ1) is 20.9. The quantitative estimate of drug-likeness (QED) is 0.386. The largest absolute Gasteiger partial charge is 0.481 e. The first-order chi connectivity index (χ1) is 10.3. The second kappa shape index (κ2) is 11.4. The summed E-state index contributed by atoms with van der Waals surface area (Å²) in [6, 6.07) is 0. The molecule has 0 saturated carbocycles. The molecular formula is C16H32N2O4. The van der Waals surface area contributed by atoms with E-state index in [-0.39, 0.29) is 13.0 Å². The molecule has 0 saturated heterocycles. The van der Waals surface area contributed by atoms with Gasteiger partial charge in [-0.3, -0.25) is 9.59 Å². The lowest BCUT2D eigenvalue weighted by Gasteiger charge is -2.30. The van der Waals surface area contributed by atoms with Crippen LogP contribution in [0.5, 0.6) is 0 Å². The number of hydrogen-bond acceptors (Lipinski definition) is 4. The molecule has 4 N–H and O–H groups in total. The van der Waals surface area contributed by atoms with Crippen molar-refractivity contribution in [3.63, 3.8) is 0 Å². The van der Waals surface area contributed by atoms with Gasteiger partial charge < -0.3 is 20.8 Å². The average molecular weight is 316 g/mol. The normalized spacial score (nSPS) is 12.9. The summed E-state index contributed by atoms with van der Waals surface area (Å²) in [6.45, 7) is 7.27. The smallest absolute Gasteiger partial charge is 0.305 e. The van der Waals surface area contributed by atoms with Crippen molar-refractivity contribution in [1.82, 2.24) is 10.6 Å². The lowest BCUT2D eigenvalue weighted by atomic mass is 9.85. The fraction of sp³-hybridized carbons (Fsp3) is 0.875. The van der Waals surface area contributed by atoms with E-state index in [4.69, 9.17) is 5.11 Å². The lowest BCUT2D eigenvalue weighted by molar-refractivity contribution is -0.137. The Kier molecular flexibility index (Phi) is 10.8. The predicted molar refractivity (Wildman–Crippen MR) is 86.7 cm³/mol. The molecule has 130 valence electrons. The van der Waals surface area contributed by atoms with Crippen molar-refractivity contribution < 1.29 is 19.8 Å². The summed E-state index contributed by atoms with van der Waals surface area (Å²) in [6.07, 6.45) is 4.72. The van der Waals surface area contributed by atoms with Crippen LogP contribution in [-0.4, -0.2) is 47.8 Å². The Morgan fingerprint density at radius 2 is 1.73 bits per heavy atom. The summed E-state index contributed by atoms with van der Waals surface area (Å²) >= 11 is 0. The zero-order valence-electron chi connectivity index (χ0n) is 14.2. The molecule has 0 unspecified atom stereocenters. The van der Waals surface area contributed by atoms with Gasteiger partial charge in [0.15, 0.2) is 0 Å². The number of carbonyl (C=O) groups is 2. The van der Waals surface area contributed by atoms with Crippen LogP contribution in [-0.2, 0) is 9.59 Å². The molecule has 0 heterocycles. The van der Waals surface area contributed by atoms with Crippen molar-refractivity contribution in [2.24, 2.45) is 5.41 Å². The van der Waals surface area contributed by atoms with Gasteiger partial charge in [-0.1, -0.05) is 46.5 Å². The van der Waals surface area contributed by atoms with Crippen LogP contribution in [0.4, 0.5) is 0 Å². The highest BCUT2D eigenvalue weighted by molar-refractivity contribution is 5.81. The van der Waals surface area contributed by atoms with Crippen LogP contribution in [0.3, 0.4) is 0 Å². The van der Waals surface area contributed by atoms with E-state index in [1.54, 1.807) is 0 Å². The predicted octanol–water partition coefficient (Wildman–Crippen LogP) is 1.52. The number of amides is 1. The second-order valence-corrected chi connectivity index (χ2v) is 6.42. The Morgan fingerprint density at radius 3 is 2.32 bits per heavy atom. The maximum atomic E-state index is 11.8. The fourth-order valence-electron chi connectivity index (χ4n) is 2.10. The first-order valence-electron chi connectivity index (χ1n) is 8.19. The molecule has 0 aromatic carbocycles. The summed E-state index contributed by atoms with van der Waals surface area (Å²) in [5.41, 5.74) is -0.600. The topological polar surface area (TPSA) is 98.7 Å². The van der Waals surface area contributed by atoms with Gasteiger partial charge in [-0.15, -0.1) is 0 Å². The van der Waals surface area contributed by atoms with Gasteiger partial charge in [-0.05, 0) is 13.0 Å². The number of carboxylic acid groups (broad SMARTS) is 1. The number of nitrogens with one attached hydrogen (secondary N) is 2. The number of aliphatic hydroxyl groups is 1. The van der Waals surface area contributed by atoms with Crippen LogP contribution in [0, 0.1) is 5.41 Å². The highest BCUT2D eigenvalue weighted by atomic mass is 16.4. The zero-order chi connectivity index (χ0) is 17.0. The Morgan fingerprint density at radius 1 is 1.09 bits per heavy atom. The van der Waals surface area contributed by atoms with Crippen LogP contribution in [0.25, 0.3) is 0 Å². The molecule has 0 aliphatic heterocycles. The van der Waals surface area contributed by atoms with Crippen molar-refractivity contribution in [2.45, 2.75) is 65.4 Å². The number of carbonyl (C=O) groups excluding carboxylic acids is 1. The van der Waals surface area contributed by atoms with E-state index in [0.717, 1.165) is 13.0 Å². The molecule has 22 heavy (non-hydrogen) atoms. The van der Waals surface area contributed by atoms with Crippen molar-refractivity contribution >= 4 is 11.9 Å². The van der Waals surface area contributed by atoms with Crippen LogP contribution in [0.2, 0.25) is 0 Å². The number of aliphatic hydroxyl groups excluding tert-OH is 1. The van der Waals surface area contributed by atoms with Crippen molar-refractivity contribution in [3.8, 4) is 0 Å². The molecule has 0 aromatic rings. The highest BCUT2D eigenvalue weighted by Gasteiger charge is 2.32. The van der Waals surface area contributed by atoms with E-state index >= 15 is 0 Å². The average Bonchev–Trinajstić information content (AvgIpc) is 2.44. The third kappa shape index (κ3) is 9.73. The van der Waals surface area contributed by atoms with Crippen molar-refractivity contribution in [3.05, 3.63) is 0 Å². The SMILES string of the molecule is CCCCCCCNCC(C)(C)[C@@H](O)C(=O)NCCC(=O)O. The molecule has 0 aliphatic carbocycles. The van der Waals surface area contributed by atoms with Gasteiger partial charge in [0, 0.05) is 18.5 Å². The Balaban J connectivity index is 3.93. The lowest BCUT2D eigenvalue weighted by Crippen LogP contribution is -2.48. The van der Waals surface area contributed by atoms with Gasteiger partial charge >= 0.3 is 5.97 Å². The number of hydrogen-bond donors (Lipinski definition) is 4. The summed E-state index contributed by atoms with van der Waals surface area (Å²) in [7, 11) is 0. The summed E-state index contributed by atoms with van der Waals surface area (Å²) in [5.74, 6) is -1.49. The first-order valence-corrected chi connectivity index (χ1v) is 8.19. The second-order valence-electron chi connectivity index (χ2n) is 6.42. The van der Waals surface area contributed by atoms with E-state index in [9.17, 15) is 14.7 Å². The summed E-state index contributed by atoms with van der Waals surface area (Å²) in [5, 5.41) is 24.3. The molecule has 1 amide bonds. The van der Waals surface area contributed by atoms with Crippen LogP contribution >= 0.6 is 0 Å². The van der Waals surface area contributed by atoms with Crippen molar-refractivity contribution in [1.29, 1.82) is 0 Å². The Hall–Kier alpha value is -1.14. The summed E-state index contributed by atoms with van der Waals surface area (Å²) < 4.78 is 0. The van der Waals surface area contributed by atoms with Gasteiger partial charge in [-0.2, -0.15) is 0 Å². The number of rotatable bonds is 13. The molecule has 0 rings (SSSR count). The molecule has 6 heteroatoms.